The van der Waals surface area contributed by atoms with E-state index in [9.17, 15) is 4.79 Å². The van der Waals surface area contributed by atoms with Crippen LogP contribution < -0.4 is 16.0 Å². The van der Waals surface area contributed by atoms with Crippen LogP contribution >= 0.6 is 23.8 Å². The van der Waals surface area contributed by atoms with Crippen molar-refractivity contribution in [2.45, 2.75) is 12.7 Å². The van der Waals surface area contributed by atoms with Gasteiger partial charge in [0.1, 0.15) is 0 Å². The van der Waals surface area contributed by atoms with Gasteiger partial charge in [-0.25, -0.2) is 9.98 Å². The number of benzodiazepines with no additional fused rings is 1. The van der Waals surface area contributed by atoms with Crippen LogP contribution in [0.2, 0.25) is 5.02 Å². The summed E-state index contributed by atoms with van der Waals surface area (Å²) in [6.07, 6.45) is 0.692. The lowest BCUT2D eigenvalue weighted by Crippen LogP contribution is -2.45. The van der Waals surface area contributed by atoms with E-state index in [0.29, 0.717) is 23.0 Å². The molecular formula is C25H22ClN5OS. The van der Waals surface area contributed by atoms with Gasteiger partial charge in [-0.3, -0.25) is 4.79 Å². The Morgan fingerprint density at radius 3 is 2.61 bits per heavy atom. The summed E-state index contributed by atoms with van der Waals surface area (Å²) in [6.45, 7) is 0.476. The Balaban J connectivity index is 1.66. The van der Waals surface area contributed by atoms with Gasteiger partial charge in [0, 0.05) is 36.0 Å². The molecule has 6 nitrogen and oxygen atoms in total. The minimum absolute atomic E-state index is 0.157. The van der Waals surface area contributed by atoms with Crippen LogP contribution in [0.4, 0.5) is 5.69 Å². The third kappa shape index (κ3) is 5.17. The molecule has 0 aliphatic carbocycles. The molecule has 33 heavy (non-hydrogen) atoms. The van der Waals surface area contributed by atoms with Crippen molar-refractivity contribution < 1.29 is 4.79 Å². The number of anilines is 1. The molecule has 0 saturated heterocycles. The highest BCUT2D eigenvalue weighted by Crippen LogP contribution is 2.29. The maximum Gasteiger partial charge on any atom is 0.272 e. The molecule has 1 amide bonds. The molecule has 4 rings (SSSR count). The first-order valence-corrected chi connectivity index (χ1v) is 11.1. The number of thiocarbonyl (C=S) groups is 1. The predicted molar refractivity (Wildman–Crippen MR) is 138 cm³/mol. The zero-order valence-electron chi connectivity index (χ0n) is 17.9. The van der Waals surface area contributed by atoms with Crippen molar-refractivity contribution in [2.24, 2.45) is 15.7 Å². The lowest BCUT2D eigenvalue weighted by atomic mass is 10.0. The first-order chi connectivity index (χ1) is 16.0. The number of hydrogen-bond donors (Lipinski definition) is 2. The van der Waals surface area contributed by atoms with E-state index in [2.05, 4.69) is 10.3 Å². The van der Waals surface area contributed by atoms with Crippen LogP contribution in [0.25, 0.3) is 0 Å². The van der Waals surface area contributed by atoms with E-state index in [0.717, 1.165) is 22.3 Å². The molecule has 1 aliphatic rings. The number of nitrogens with zero attached hydrogens (tertiary/aromatic N) is 3. The number of nitrogens with one attached hydrogen (secondary N) is 1. The SMILES string of the molecule is CN1C(=O)C(NC(=S)/N=C/c2ccc(CN)cc2)N=C(c2ccccc2)c2cc(Cl)ccc21. The van der Waals surface area contributed by atoms with Crippen molar-refractivity contribution in [3.63, 3.8) is 0 Å². The Morgan fingerprint density at radius 2 is 1.91 bits per heavy atom. The number of nitrogens with two attached hydrogens (primary N) is 1. The third-order valence-corrected chi connectivity index (χ3v) is 5.71. The van der Waals surface area contributed by atoms with Gasteiger partial charge in [-0.15, -0.1) is 0 Å². The average molecular weight is 476 g/mol. The zero-order chi connectivity index (χ0) is 23.4. The van der Waals surface area contributed by atoms with Crippen molar-refractivity contribution >= 4 is 52.5 Å². The second-order valence-corrected chi connectivity index (χ2v) is 8.28. The number of aliphatic imine (C=N–C) groups is 2. The Hall–Kier alpha value is -3.39. The largest absolute Gasteiger partial charge is 0.331 e. The van der Waals surface area contributed by atoms with Crippen molar-refractivity contribution in [3.8, 4) is 0 Å². The van der Waals surface area contributed by atoms with Crippen LogP contribution in [0.5, 0.6) is 0 Å². The maximum atomic E-state index is 13.3. The molecule has 1 heterocycles. The lowest BCUT2D eigenvalue weighted by molar-refractivity contribution is -0.119. The van der Waals surface area contributed by atoms with Crippen molar-refractivity contribution in [1.82, 2.24) is 5.32 Å². The van der Waals surface area contributed by atoms with E-state index in [1.54, 1.807) is 24.2 Å². The van der Waals surface area contributed by atoms with Gasteiger partial charge >= 0.3 is 0 Å². The highest BCUT2D eigenvalue weighted by atomic mass is 35.5. The molecule has 166 valence electrons. The molecule has 0 aromatic heterocycles. The normalized spacial score (nSPS) is 15.7. The second-order valence-electron chi connectivity index (χ2n) is 7.46. The Morgan fingerprint density at radius 1 is 1.18 bits per heavy atom. The van der Waals surface area contributed by atoms with E-state index in [1.165, 1.54) is 0 Å². The number of carbonyl (C=O) groups excluding carboxylic acids is 1. The lowest BCUT2D eigenvalue weighted by Gasteiger charge is -2.21. The summed E-state index contributed by atoms with van der Waals surface area (Å²) in [7, 11) is 1.71. The molecular weight excluding hydrogens is 454 g/mol. The standard InChI is InChI=1S/C25H22ClN5OS/c1-31-21-12-11-19(26)13-20(21)22(18-5-3-2-4-6-18)29-23(24(31)32)30-25(33)28-15-17-9-7-16(14-27)8-10-17/h2-13,15,23H,14,27H2,1H3,(H,30,33)/b28-15+. The number of likely N-dealkylation sites (N-methyl/N-ethyl adjacent to an activating group) is 1. The van der Waals surface area contributed by atoms with E-state index in [1.807, 2.05) is 66.7 Å². The number of fused-ring (bicyclic) bond motifs is 1. The first kappa shape index (κ1) is 22.8. The highest BCUT2D eigenvalue weighted by Gasteiger charge is 2.30. The van der Waals surface area contributed by atoms with Crippen LogP contribution in [0.1, 0.15) is 22.3 Å². The molecule has 3 N–H and O–H groups in total. The monoisotopic (exact) mass is 475 g/mol. The molecule has 0 spiro atoms. The van der Waals surface area contributed by atoms with E-state index >= 15 is 0 Å². The molecule has 1 unspecified atom stereocenters. The number of carbonyl (C=O) groups is 1. The van der Waals surface area contributed by atoms with Gasteiger partial charge in [-0.1, -0.05) is 66.2 Å². The summed E-state index contributed by atoms with van der Waals surface area (Å²) in [5, 5.41) is 3.70. The van der Waals surface area contributed by atoms with Gasteiger partial charge in [-0.05, 0) is 41.5 Å². The minimum atomic E-state index is -0.944. The fourth-order valence-corrected chi connectivity index (χ4v) is 3.83. The predicted octanol–water partition coefficient (Wildman–Crippen LogP) is 3.93. The molecule has 1 aliphatic heterocycles. The summed E-state index contributed by atoms with van der Waals surface area (Å²) in [6, 6.07) is 22.7. The third-order valence-electron chi connectivity index (χ3n) is 5.25. The van der Waals surface area contributed by atoms with E-state index in [-0.39, 0.29) is 11.0 Å². The fraction of sp³-hybridized carbons (Fsp3) is 0.120. The quantitative estimate of drug-likeness (QED) is 0.442. The van der Waals surface area contributed by atoms with Crippen molar-refractivity contribution in [3.05, 3.63) is 100 Å². The van der Waals surface area contributed by atoms with Gasteiger partial charge in [0.15, 0.2) is 5.11 Å². The molecule has 0 bridgehead atoms. The van der Waals surface area contributed by atoms with Gasteiger partial charge in [0.05, 0.1) is 11.4 Å². The summed E-state index contributed by atoms with van der Waals surface area (Å²) in [5.41, 5.74) is 10.5. The van der Waals surface area contributed by atoms with Crippen molar-refractivity contribution in [2.75, 3.05) is 11.9 Å². The summed E-state index contributed by atoms with van der Waals surface area (Å²) >= 11 is 11.7. The first-order valence-electron chi connectivity index (χ1n) is 10.3. The average Bonchev–Trinajstić information content (AvgIpc) is 2.94. The molecule has 3 aromatic carbocycles. The molecule has 0 saturated carbocycles. The Bertz CT molecular complexity index is 1240. The van der Waals surface area contributed by atoms with Gasteiger partial charge < -0.3 is 16.0 Å². The summed E-state index contributed by atoms with van der Waals surface area (Å²) in [5.74, 6) is -0.255. The van der Waals surface area contributed by atoms with Crippen LogP contribution in [0.15, 0.2) is 82.8 Å². The molecule has 1 atom stereocenters. The molecule has 0 radical (unpaired) electrons. The zero-order valence-corrected chi connectivity index (χ0v) is 19.5. The number of amides is 1. The minimum Gasteiger partial charge on any atom is -0.331 e. The van der Waals surface area contributed by atoms with Gasteiger partial charge in [0.2, 0.25) is 6.17 Å². The van der Waals surface area contributed by atoms with E-state index in [4.69, 9.17) is 34.5 Å². The number of benzene rings is 3. The number of halogens is 1. The molecule has 8 heteroatoms. The summed E-state index contributed by atoms with van der Waals surface area (Å²) < 4.78 is 0. The smallest absolute Gasteiger partial charge is 0.272 e. The van der Waals surface area contributed by atoms with Gasteiger partial charge in [-0.2, -0.15) is 0 Å². The number of hydrogen-bond acceptors (Lipinski definition) is 4. The summed E-state index contributed by atoms with van der Waals surface area (Å²) in [4.78, 5) is 23.9. The van der Waals surface area contributed by atoms with Crippen LogP contribution in [0.3, 0.4) is 0 Å². The highest BCUT2D eigenvalue weighted by molar-refractivity contribution is 7.80. The van der Waals surface area contributed by atoms with Crippen LogP contribution in [-0.2, 0) is 11.3 Å². The second kappa shape index (κ2) is 10.0. The Kier molecular flexibility index (Phi) is 6.93. The Labute approximate surface area is 202 Å². The van der Waals surface area contributed by atoms with Crippen molar-refractivity contribution in [1.29, 1.82) is 0 Å². The van der Waals surface area contributed by atoms with Gasteiger partial charge in [0.25, 0.3) is 5.91 Å². The fourth-order valence-electron chi connectivity index (χ4n) is 3.49. The maximum absolute atomic E-state index is 13.3. The van der Waals surface area contributed by atoms with E-state index < -0.39 is 6.17 Å². The van der Waals surface area contributed by atoms with Crippen LogP contribution in [-0.4, -0.2) is 36.2 Å². The number of rotatable bonds is 4. The molecule has 0 fully saturated rings. The topological polar surface area (TPSA) is 83.1 Å². The van der Waals surface area contributed by atoms with Crippen LogP contribution in [0, 0.1) is 0 Å². The molecule has 3 aromatic rings.